The minimum absolute atomic E-state index is 0.488. The number of hydrogen-bond donors (Lipinski definition) is 2. The van der Waals surface area contributed by atoms with Crippen molar-refractivity contribution in [3.05, 3.63) is 30.2 Å². The minimum Gasteiger partial charge on any atom is -0.467 e. The number of piperidine rings is 1. The van der Waals surface area contributed by atoms with Crippen LogP contribution in [0.25, 0.3) is 0 Å². The van der Waals surface area contributed by atoms with Crippen molar-refractivity contribution in [2.24, 2.45) is 0 Å². The molecule has 2 fully saturated rings. The summed E-state index contributed by atoms with van der Waals surface area (Å²) in [6.45, 7) is 5.95. The van der Waals surface area contributed by atoms with E-state index in [1.165, 1.54) is 44.9 Å². The molecule has 0 saturated carbocycles. The Balaban J connectivity index is 1.53. The van der Waals surface area contributed by atoms with E-state index in [0.29, 0.717) is 23.6 Å². The average molecular weight is 429 g/mol. The van der Waals surface area contributed by atoms with Gasteiger partial charge >= 0.3 is 0 Å². The van der Waals surface area contributed by atoms with Gasteiger partial charge in [0.25, 0.3) is 0 Å². The third-order valence-electron chi connectivity index (χ3n) is 5.96. The van der Waals surface area contributed by atoms with Crippen molar-refractivity contribution in [3.8, 4) is 0 Å². The molecule has 30 heavy (non-hydrogen) atoms. The molecule has 4 rings (SSSR count). The van der Waals surface area contributed by atoms with E-state index in [9.17, 15) is 0 Å². The van der Waals surface area contributed by atoms with E-state index in [1.807, 2.05) is 12.1 Å². The SMILES string of the molecule is C[C@@H]1CCCCN1c1cc(N2CCCCCC2)nc(NC(=S)NCc2ccco2)n1. The first kappa shape index (κ1) is 20.9. The minimum atomic E-state index is 0.488. The first-order valence-corrected chi connectivity index (χ1v) is 11.6. The molecule has 4 heterocycles. The number of anilines is 3. The molecular weight excluding hydrogens is 396 g/mol. The van der Waals surface area contributed by atoms with Crippen molar-refractivity contribution in [1.29, 1.82) is 0 Å². The van der Waals surface area contributed by atoms with E-state index in [2.05, 4.69) is 33.4 Å². The van der Waals surface area contributed by atoms with Gasteiger partial charge in [0.15, 0.2) is 5.11 Å². The van der Waals surface area contributed by atoms with Crippen LogP contribution in [0.5, 0.6) is 0 Å². The maximum absolute atomic E-state index is 5.48. The van der Waals surface area contributed by atoms with Gasteiger partial charge in [0.1, 0.15) is 17.4 Å². The number of hydrogen-bond acceptors (Lipinski definition) is 6. The van der Waals surface area contributed by atoms with Gasteiger partial charge in [-0.2, -0.15) is 9.97 Å². The zero-order valence-electron chi connectivity index (χ0n) is 17.8. The summed E-state index contributed by atoms with van der Waals surface area (Å²) in [6, 6.07) is 6.44. The molecule has 0 aromatic carbocycles. The van der Waals surface area contributed by atoms with Gasteiger partial charge in [-0.25, -0.2) is 0 Å². The van der Waals surface area contributed by atoms with Crippen LogP contribution in [0.1, 0.15) is 57.6 Å². The highest BCUT2D eigenvalue weighted by Crippen LogP contribution is 2.28. The predicted molar refractivity (Wildman–Crippen MR) is 125 cm³/mol. The fourth-order valence-electron chi connectivity index (χ4n) is 4.25. The van der Waals surface area contributed by atoms with Gasteiger partial charge in [0.05, 0.1) is 12.8 Å². The Labute approximate surface area is 184 Å². The fraction of sp³-hybridized carbons (Fsp3) is 0.591. The Hall–Kier alpha value is -2.35. The third kappa shape index (κ3) is 5.41. The summed E-state index contributed by atoms with van der Waals surface area (Å²) in [6.07, 6.45) is 10.4. The van der Waals surface area contributed by atoms with Gasteiger partial charge in [-0.05, 0) is 63.4 Å². The van der Waals surface area contributed by atoms with Crippen LogP contribution in [0.15, 0.2) is 28.9 Å². The maximum Gasteiger partial charge on any atom is 0.232 e. The zero-order chi connectivity index (χ0) is 20.8. The van der Waals surface area contributed by atoms with Gasteiger partial charge in [-0.3, -0.25) is 0 Å². The van der Waals surface area contributed by atoms with Crippen molar-refractivity contribution in [2.75, 3.05) is 34.8 Å². The molecule has 7 nitrogen and oxygen atoms in total. The van der Waals surface area contributed by atoms with Gasteiger partial charge in [-0.1, -0.05) is 12.8 Å². The van der Waals surface area contributed by atoms with E-state index in [1.54, 1.807) is 6.26 Å². The molecule has 1 atom stereocenters. The molecule has 2 aromatic rings. The number of thiocarbonyl (C=S) groups is 1. The smallest absolute Gasteiger partial charge is 0.232 e. The normalized spacial score (nSPS) is 20.0. The van der Waals surface area contributed by atoms with Crippen molar-refractivity contribution < 1.29 is 4.42 Å². The van der Waals surface area contributed by atoms with E-state index in [0.717, 1.165) is 37.0 Å². The summed E-state index contributed by atoms with van der Waals surface area (Å²) in [5.41, 5.74) is 0. The van der Waals surface area contributed by atoms with Crippen LogP contribution < -0.4 is 20.4 Å². The van der Waals surface area contributed by atoms with E-state index in [4.69, 9.17) is 26.6 Å². The first-order chi connectivity index (χ1) is 14.7. The molecule has 0 bridgehead atoms. The second-order valence-electron chi connectivity index (χ2n) is 8.23. The predicted octanol–water partition coefficient (Wildman–Crippen LogP) is 4.32. The van der Waals surface area contributed by atoms with Crippen LogP contribution in [0.2, 0.25) is 0 Å². The van der Waals surface area contributed by atoms with Gasteiger partial charge < -0.3 is 24.9 Å². The molecule has 2 aliphatic heterocycles. The average Bonchev–Trinajstić information content (AvgIpc) is 3.12. The standard InChI is InChI=1S/C22H32N6OS/c1-17-9-4-7-13-28(17)20-15-19(27-11-5-2-3-6-12-27)24-21(25-20)26-22(30)23-16-18-10-8-14-29-18/h8,10,14-15,17H,2-7,9,11-13,16H2,1H3,(H2,23,24,25,26,30)/t17-/m1/s1. The maximum atomic E-state index is 5.48. The number of aromatic nitrogens is 2. The van der Waals surface area contributed by atoms with Gasteiger partial charge in [-0.15, -0.1) is 0 Å². The zero-order valence-corrected chi connectivity index (χ0v) is 18.6. The second kappa shape index (κ2) is 10.1. The highest BCUT2D eigenvalue weighted by Gasteiger charge is 2.22. The molecule has 2 saturated heterocycles. The largest absolute Gasteiger partial charge is 0.467 e. The molecule has 162 valence electrons. The van der Waals surface area contributed by atoms with E-state index >= 15 is 0 Å². The lowest BCUT2D eigenvalue weighted by Gasteiger charge is -2.35. The Morgan fingerprint density at radius 1 is 1.10 bits per heavy atom. The lowest BCUT2D eigenvalue weighted by molar-refractivity contribution is 0.481. The van der Waals surface area contributed by atoms with Crippen LogP contribution in [-0.4, -0.2) is 40.8 Å². The van der Waals surface area contributed by atoms with Gasteiger partial charge in [0.2, 0.25) is 5.95 Å². The lowest BCUT2D eigenvalue weighted by atomic mass is 10.0. The van der Waals surface area contributed by atoms with E-state index < -0.39 is 0 Å². The molecule has 0 unspecified atom stereocenters. The van der Waals surface area contributed by atoms with Crippen LogP contribution >= 0.6 is 12.2 Å². The summed E-state index contributed by atoms with van der Waals surface area (Å²) >= 11 is 5.48. The Kier molecular flexibility index (Phi) is 7.04. The molecule has 0 amide bonds. The summed E-state index contributed by atoms with van der Waals surface area (Å²) in [4.78, 5) is 14.5. The highest BCUT2D eigenvalue weighted by atomic mass is 32.1. The number of nitrogens with zero attached hydrogens (tertiary/aromatic N) is 4. The second-order valence-corrected chi connectivity index (χ2v) is 8.64. The Morgan fingerprint density at radius 3 is 2.60 bits per heavy atom. The number of furan rings is 1. The monoisotopic (exact) mass is 428 g/mol. The molecule has 2 aliphatic rings. The van der Waals surface area contributed by atoms with Gasteiger partial charge in [0, 0.05) is 31.7 Å². The van der Waals surface area contributed by atoms with Crippen LogP contribution in [0.4, 0.5) is 17.6 Å². The fourth-order valence-corrected chi connectivity index (χ4v) is 4.42. The van der Waals surface area contributed by atoms with Crippen LogP contribution in [0.3, 0.4) is 0 Å². The lowest BCUT2D eigenvalue weighted by Crippen LogP contribution is -2.38. The molecular formula is C22H32N6OS. The highest BCUT2D eigenvalue weighted by molar-refractivity contribution is 7.80. The first-order valence-electron chi connectivity index (χ1n) is 11.2. The summed E-state index contributed by atoms with van der Waals surface area (Å²) in [5.74, 6) is 3.38. The molecule has 2 N–H and O–H groups in total. The van der Waals surface area contributed by atoms with Crippen molar-refractivity contribution in [1.82, 2.24) is 15.3 Å². The molecule has 2 aromatic heterocycles. The topological polar surface area (TPSA) is 69.5 Å². The molecule has 8 heteroatoms. The third-order valence-corrected chi connectivity index (χ3v) is 6.20. The van der Waals surface area contributed by atoms with Crippen molar-refractivity contribution >= 4 is 34.9 Å². The summed E-state index contributed by atoms with van der Waals surface area (Å²) in [7, 11) is 0. The van der Waals surface area contributed by atoms with Crippen molar-refractivity contribution in [2.45, 2.75) is 64.5 Å². The molecule has 0 spiro atoms. The van der Waals surface area contributed by atoms with Crippen LogP contribution in [0, 0.1) is 0 Å². The molecule has 0 aliphatic carbocycles. The number of rotatable bonds is 5. The number of nitrogens with one attached hydrogen (secondary N) is 2. The Morgan fingerprint density at radius 2 is 1.87 bits per heavy atom. The van der Waals surface area contributed by atoms with Crippen molar-refractivity contribution in [3.63, 3.8) is 0 Å². The molecule has 0 radical (unpaired) electrons. The summed E-state index contributed by atoms with van der Waals surface area (Å²) in [5, 5.41) is 6.86. The Bertz CT molecular complexity index is 819. The van der Waals surface area contributed by atoms with E-state index in [-0.39, 0.29) is 0 Å². The van der Waals surface area contributed by atoms with Crippen LogP contribution in [-0.2, 0) is 6.54 Å². The summed E-state index contributed by atoms with van der Waals surface area (Å²) < 4.78 is 5.36. The quantitative estimate of drug-likeness (QED) is 0.683.